The third-order valence-corrected chi connectivity index (χ3v) is 2.75. The van der Waals surface area contributed by atoms with Crippen molar-refractivity contribution in [3.63, 3.8) is 0 Å². The van der Waals surface area contributed by atoms with Crippen LogP contribution in [0.25, 0.3) is 0 Å². The number of terminal acetylenes is 1. The first-order valence-electron chi connectivity index (χ1n) is 7.16. The molecule has 0 aromatic carbocycles. The van der Waals surface area contributed by atoms with E-state index in [9.17, 15) is 9.59 Å². The Morgan fingerprint density at radius 2 is 1.80 bits per heavy atom. The van der Waals surface area contributed by atoms with Gasteiger partial charge in [-0.25, -0.2) is 4.79 Å². The van der Waals surface area contributed by atoms with Crippen LogP contribution >= 0.6 is 0 Å². The number of hydrogen-bond acceptors (Lipinski definition) is 4. The van der Waals surface area contributed by atoms with E-state index in [4.69, 9.17) is 15.9 Å². The van der Waals surface area contributed by atoms with E-state index in [1.54, 1.807) is 6.92 Å². The van der Waals surface area contributed by atoms with Gasteiger partial charge in [0.1, 0.15) is 6.54 Å². The molecule has 0 saturated carbocycles. The minimum Gasteiger partial charge on any atom is -0.464 e. The summed E-state index contributed by atoms with van der Waals surface area (Å²) in [5.41, 5.74) is 0. The second kappa shape index (κ2) is 12.3. The number of ether oxygens (including phenoxy) is 2. The van der Waals surface area contributed by atoms with E-state index in [0.717, 1.165) is 19.3 Å². The zero-order valence-corrected chi connectivity index (χ0v) is 12.5. The highest BCUT2D eigenvalue weighted by molar-refractivity contribution is 5.78. The highest BCUT2D eigenvalue weighted by Crippen LogP contribution is 2.03. The third kappa shape index (κ3) is 9.26. The van der Waals surface area contributed by atoms with E-state index in [-0.39, 0.29) is 13.2 Å². The molecule has 0 aromatic heterocycles. The molecule has 0 rings (SSSR count). The largest absolute Gasteiger partial charge is 0.464 e. The number of hydrogen-bond donors (Lipinski definition) is 0. The molecule has 0 aromatic rings. The van der Waals surface area contributed by atoms with Gasteiger partial charge in [0.05, 0.1) is 6.61 Å². The lowest BCUT2D eigenvalue weighted by atomic mass is 10.2. The summed E-state index contributed by atoms with van der Waals surface area (Å²) < 4.78 is 9.84. The quantitative estimate of drug-likeness (QED) is 0.351. The molecule has 0 fully saturated rings. The van der Waals surface area contributed by atoms with Crippen molar-refractivity contribution < 1.29 is 19.1 Å². The Bertz CT molecular complexity index is 322. The third-order valence-electron chi connectivity index (χ3n) is 2.75. The van der Waals surface area contributed by atoms with Gasteiger partial charge in [-0.15, -0.1) is 6.42 Å². The molecule has 20 heavy (non-hydrogen) atoms. The van der Waals surface area contributed by atoms with Gasteiger partial charge in [0, 0.05) is 6.54 Å². The molecule has 0 saturated heterocycles. The summed E-state index contributed by atoms with van der Waals surface area (Å²) in [7, 11) is 0. The number of rotatable bonds is 10. The van der Waals surface area contributed by atoms with Gasteiger partial charge in [-0.05, 0) is 13.3 Å². The molecule has 0 atom stereocenters. The second-order valence-corrected chi connectivity index (χ2v) is 4.41. The zero-order chi connectivity index (χ0) is 15.2. The smallest absolute Gasteiger partial charge is 0.411 e. The van der Waals surface area contributed by atoms with Crippen molar-refractivity contribution in [1.29, 1.82) is 0 Å². The maximum atomic E-state index is 11.6. The SMILES string of the molecule is C#CCOC(=O)N(CC)CC(=O)OCCCCCCC. The fourth-order valence-electron chi connectivity index (χ4n) is 1.59. The average Bonchev–Trinajstić information content (AvgIpc) is 2.45. The van der Waals surface area contributed by atoms with Crippen LogP contribution in [-0.4, -0.2) is 43.3 Å². The van der Waals surface area contributed by atoms with Crippen LogP contribution in [-0.2, 0) is 14.3 Å². The van der Waals surface area contributed by atoms with Crippen LogP contribution < -0.4 is 0 Å². The van der Waals surface area contributed by atoms with Gasteiger partial charge in [0.15, 0.2) is 6.61 Å². The van der Waals surface area contributed by atoms with E-state index < -0.39 is 12.1 Å². The van der Waals surface area contributed by atoms with Gasteiger partial charge in [0.2, 0.25) is 0 Å². The molecule has 0 aliphatic heterocycles. The Hall–Kier alpha value is -1.70. The van der Waals surface area contributed by atoms with Gasteiger partial charge in [-0.2, -0.15) is 0 Å². The summed E-state index contributed by atoms with van der Waals surface area (Å²) in [6.07, 6.45) is 9.88. The highest BCUT2D eigenvalue weighted by Gasteiger charge is 2.17. The maximum Gasteiger partial charge on any atom is 0.411 e. The van der Waals surface area contributed by atoms with E-state index >= 15 is 0 Å². The number of carbonyl (C=O) groups excluding carboxylic acids is 2. The van der Waals surface area contributed by atoms with E-state index in [1.807, 2.05) is 0 Å². The molecule has 0 heterocycles. The Balaban J connectivity index is 3.81. The van der Waals surface area contributed by atoms with Gasteiger partial charge in [-0.3, -0.25) is 9.69 Å². The normalized spacial score (nSPS) is 9.65. The Labute approximate surface area is 121 Å². The molecule has 0 unspecified atom stereocenters. The van der Waals surface area contributed by atoms with Crippen molar-refractivity contribution in [3.05, 3.63) is 0 Å². The van der Waals surface area contributed by atoms with Crippen LogP contribution in [0.1, 0.15) is 46.0 Å². The van der Waals surface area contributed by atoms with Crippen LogP contribution in [0.5, 0.6) is 0 Å². The van der Waals surface area contributed by atoms with Gasteiger partial charge < -0.3 is 9.47 Å². The summed E-state index contributed by atoms with van der Waals surface area (Å²) in [5.74, 6) is 1.79. The molecule has 0 aliphatic carbocycles. The van der Waals surface area contributed by atoms with Gasteiger partial charge >= 0.3 is 12.1 Å². The number of amides is 1. The molecule has 114 valence electrons. The molecule has 0 N–H and O–H groups in total. The van der Waals surface area contributed by atoms with Crippen LogP contribution in [0.2, 0.25) is 0 Å². The standard InChI is InChI=1S/C15H25NO4/c1-4-7-8-9-10-12-19-14(17)13-16(6-3)15(18)20-11-5-2/h2H,4,6-13H2,1,3H3. The van der Waals surface area contributed by atoms with Crippen molar-refractivity contribution in [2.75, 3.05) is 26.3 Å². The predicted octanol–water partition coefficient (Wildman–Crippen LogP) is 2.59. The first kappa shape index (κ1) is 18.3. The molecule has 0 bridgehead atoms. The van der Waals surface area contributed by atoms with Crippen molar-refractivity contribution in [3.8, 4) is 12.3 Å². The van der Waals surface area contributed by atoms with Gasteiger partial charge in [0.25, 0.3) is 0 Å². The number of esters is 1. The zero-order valence-electron chi connectivity index (χ0n) is 12.5. The number of carbonyl (C=O) groups is 2. The summed E-state index contributed by atoms with van der Waals surface area (Å²) in [6.45, 7) is 4.49. The molecular weight excluding hydrogens is 258 g/mol. The van der Waals surface area contributed by atoms with E-state index in [0.29, 0.717) is 13.2 Å². The lowest BCUT2D eigenvalue weighted by molar-refractivity contribution is -0.144. The molecule has 5 nitrogen and oxygen atoms in total. The second-order valence-electron chi connectivity index (χ2n) is 4.41. The van der Waals surface area contributed by atoms with Crippen LogP contribution in [0.15, 0.2) is 0 Å². The Morgan fingerprint density at radius 3 is 2.40 bits per heavy atom. The minimum atomic E-state index is -0.592. The van der Waals surface area contributed by atoms with E-state index in [2.05, 4.69) is 12.8 Å². The Morgan fingerprint density at radius 1 is 1.10 bits per heavy atom. The van der Waals surface area contributed by atoms with Crippen LogP contribution in [0.4, 0.5) is 4.79 Å². The summed E-state index contributed by atoms with van der Waals surface area (Å²) in [5, 5.41) is 0. The van der Waals surface area contributed by atoms with Gasteiger partial charge in [-0.1, -0.05) is 38.5 Å². The van der Waals surface area contributed by atoms with Crippen LogP contribution in [0, 0.1) is 12.3 Å². The topological polar surface area (TPSA) is 55.8 Å². The fraction of sp³-hybridized carbons (Fsp3) is 0.733. The predicted molar refractivity (Wildman–Crippen MR) is 77.1 cm³/mol. The monoisotopic (exact) mass is 283 g/mol. The van der Waals surface area contributed by atoms with Crippen molar-refractivity contribution in [2.45, 2.75) is 46.0 Å². The first-order chi connectivity index (χ1) is 9.65. The highest BCUT2D eigenvalue weighted by atomic mass is 16.6. The van der Waals surface area contributed by atoms with Crippen molar-refractivity contribution >= 4 is 12.1 Å². The number of unbranched alkanes of at least 4 members (excludes halogenated alkanes) is 4. The fourth-order valence-corrected chi connectivity index (χ4v) is 1.59. The van der Waals surface area contributed by atoms with Crippen molar-refractivity contribution in [1.82, 2.24) is 4.90 Å². The molecule has 0 aliphatic rings. The lowest BCUT2D eigenvalue weighted by Gasteiger charge is -2.18. The summed E-state index contributed by atoms with van der Waals surface area (Å²) in [6, 6.07) is 0. The lowest BCUT2D eigenvalue weighted by Crippen LogP contribution is -2.36. The molecule has 0 spiro atoms. The Kier molecular flexibility index (Phi) is 11.3. The van der Waals surface area contributed by atoms with E-state index in [1.165, 1.54) is 17.7 Å². The summed E-state index contributed by atoms with van der Waals surface area (Å²) >= 11 is 0. The van der Waals surface area contributed by atoms with Crippen molar-refractivity contribution in [2.24, 2.45) is 0 Å². The average molecular weight is 283 g/mol. The molecule has 1 amide bonds. The number of likely N-dealkylation sites (N-methyl/N-ethyl adjacent to an activating group) is 1. The number of nitrogens with zero attached hydrogens (tertiary/aromatic N) is 1. The first-order valence-corrected chi connectivity index (χ1v) is 7.16. The van der Waals surface area contributed by atoms with Crippen LogP contribution in [0.3, 0.4) is 0 Å². The molecular formula is C15H25NO4. The molecule has 5 heteroatoms. The maximum absolute atomic E-state index is 11.6. The molecule has 0 radical (unpaired) electrons. The minimum absolute atomic E-state index is 0.0954. The summed E-state index contributed by atoms with van der Waals surface area (Å²) in [4.78, 5) is 24.3.